The molecular formula is C44H28BN5. The summed E-state index contributed by atoms with van der Waals surface area (Å²) in [7, 11) is 0. The molecule has 5 nitrogen and oxygen atoms in total. The zero-order valence-electron chi connectivity index (χ0n) is 27.0. The van der Waals surface area contributed by atoms with E-state index in [-0.39, 0.29) is 6.85 Å². The molecule has 50 heavy (non-hydrogen) atoms. The number of fused-ring (bicyclic) bond motifs is 11. The third kappa shape index (κ3) is 4.57. The van der Waals surface area contributed by atoms with Gasteiger partial charge in [0, 0.05) is 69.5 Å². The van der Waals surface area contributed by atoms with Crippen LogP contribution in [0, 0.1) is 0 Å². The van der Waals surface area contributed by atoms with Gasteiger partial charge >= 0.3 is 6.85 Å². The van der Waals surface area contributed by atoms with E-state index in [4.69, 9.17) is 9.97 Å². The average Bonchev–Trinajstić information content (AvgIpc) is 3.21. The Morgan fingerprint density at radius 3 is 1.24 bits per heavy atom. The Balaban J connectivity index is 1.13. The number of rotatable bonds is 4. The molecule has 4 aromatic carbocycles. The zero-order valence-corrected chi connectivity index (χ0v) is 27.0. The van der Waals surface area contributed by atoms with Crippen LogP contribution in [0.2, 0.25) is 0 Å². The van der Waals surface area contributed by atoms with E-state index < -0.39 is 0 Å². The molecule has 0 N–H and O–H groups in total. The molecule has 6 heteroatoms. The average molecular weight is 638 g/mol. The first-order valence-electron chi connectivity index (χ1n) is 16.8. The highest BCUT2D eigenvalue weighted by Crippen LogP contribution is 2.47. The van der Waals surface area contributed by atoms with Crippen molar-refractivity contribution < 1.29 is 0 Å². The number of aromatic nitrogens is 4. The first kappa shape index (κ1) is 28.4. The molecule has 0 amide bonds. The topological polar surface area (TPSA) is 54.8 Å². The molecule has 0 unspecified atom stereocenters. The van der Waals surface area contributed by atoms with Crippen molar-refractivity contribution >= 4 is 29.1 Å². The first-order chi connectivity index (χ1) is 24.8. The molecule has 0 spiro atoms. The SMILES string of the molecule is c1cc(-c2ccncc2)nc(-c2ccc3c(c2)-c2ccccc2B2c4ccccc4-c4cc(-c5cccc(-c6ccncc6)n5)ccc4N23)c1. The molecule has 4 aromatic heterocycles. The zero-order chi connectivity index (χ0) is 33.0. The second kappa shape index (κ2) is 11.5. The highest BCUT2D eigenvalue weighted by atomic mass is 15.1. The van der Waals surface area contributed by atoms with Gasteiger partial charge in [-0.3, -0.25) is 9.97 Å². The number of anilines is 2. The number of hydrogen-bond acceptors (Lipinski definition) is 5. The van der Waals surface area contributed by atoms with Crippen LogP contribution in [-0.4, -0.2) is 26.8 Å². The summed E-state index contributed by atoms with van der Waals surface area (Å²) >= 11 is 0. The van der Waals surface area contributed by atoms with Crippen LogP contribution in [0.5, 0.6) is 0 Å². The van der Waals surface area contributed by atoms with Gasteiger partial charge in [-0.25, -0.2) is 9.97 Å². The lowest BCUT2D eigenvalue weighted by Gasteiger charge is -2.43. The molecule has 0 saturated heterocycles. The largest absolute Gasteiger partial charge is 0.376 e. The Morgan fingerprint density at radius 2 is 0.780 bits per heavy atom. The van der Waals surface area contributed by atoms with Crippen LogP contribution < -0.4 is 15.7 Å². The summed E-state index contributed by atoms with van der Waals surface area (Å²) < 4.78 is 0. The normalized spacial score (nSPS) is 12.3. The number of benzene rings is 4. The van der Waals surface area contributed by atoms with E-state index in [0.29, 0.717) is 0 Å². The van der Waals surface area contributed by atoms with Crippen LogP contribution in [0.15, 0.2) is 170 Å². The molecule has 0 bridgehead atoms. The van der Waals surface area contributed by atoms with Crippen LogP contribution >= 0.6 is 0 Å². The molecule has 0 fully saturated rings. The fraction of sp³-hybridized carbons (Fsp3) is 0. The molecule has 0 radical (unpaired) electrons. The fourth-order valence-corrected chi connectivity index (χ4v) is 7.62. The lowest BCUT2D eigenvalue weighted by atomic mass is 9.43. The van der Waals surface area contributed by atoms with E-state index in [0.717, 1.165) is 45.0 Å². The minimum atomic E-state index is 0.0420. The van der Waals surface area contributed by atoms with Crippen molar-refractivity contribution in [2.45, 2.75) is 0 Å². The summed E-state index contributed by atoms with van der Waals surface area (Å²) in [6.45, 7) is 0.0420. The molecular weight excluding hydrogens is 609 g/mol. The fourth-order valence-electron chi connectivity index (χ4n) is 7.62. The number of nitrogens with zero attached hydrogens (tertiary/aromatic N) is 5. The summed E-state index contributed by atoms with van der Waals surface area (Å²) in [5.74, 6) is 0. The van der Waals surface area contributed by atoms with Gasteiger partial charge in [-0.2, -0.15) is 0 Å². The van der Waals surface area contributed by atoms with Crippen LogP contribution in [0.25, 0.3) is 67.3 Å². The minimum absolute atomic E-state index is 0.0420. The van der Waals surface area contributed by atoms with Gasteiger partial charge in [-0.05, 0) is 94.8 Å². The molecule has 232 valence electrons. The predicted molar refractivity (Wildman–Crippen MR) is 204 cm³/mol. The van der Waals surface area contributed by atoms with Crippen molar-refractivity contribution in [2.24, 2.45) is 0 Å². The molecule has 0 aliphatic carbocycles. The molecule has 0 saturated carbocycles. The van der Waals surface area contributed by atoms with E-state index >= 15 is 0 Å². The lowest BCUT2D eigenvalue weighted by molar-refractivity contribution is 1.28. The van der Waals surface area contributed by atoms with Gasteiger partial charge in [0.15, 0.2) is 0 Å². The second-order valence-electron chi connectivity index (χ2n) is 12.7. The third-order valence-corrected chi connectivity index (χ3v) is 9.90. The maximum absolute atomic E-state index is 5.08. The molecule has 10 rings (SSSR count). The minimum Gasteiger partial charge on any atom is -0.376 e. The Bertz CT molecular complexity index is 2390. The Labute approximate surface area is 290 Å². The van der Waals surface area contributed by atoms with E-state index in [1.54, 1.807) is 0 Å². The van der Waals surface area contributed by atoms with Crippen LogP contribution in [0.3, 0.4) is 0 Å². The molecule has 2 aliphatic heterocycles. The summed E-state index contributed by atoms with van der Waals surface area (Å²) in [5, 5.41) is 0. The quantitative estimate of drug-likeness (QED) is 0.181. The van der Waals surface area contributed by atoms with Crippen molar-refractivity contribution in [3.63, 3.8) is 0 Å². The maximum Gasteiger partial charge on any atom is 0.329 e. The Hall–Kier alpha value is -6.66. The second-order valence-corrected chi connectivity index (χ2v) is 12.7. The summed E-state index contributed by atoms with van der Waals surface area (Å²) in [6, 6.07) is 51.8. The van der Waals surface area contributed by atoms with Gasteiger partial charge in [0.25, 0.3) is 0 Å². The van der Waals surface area contributed by atoms with Crippen molar-refractivity contribution in [3.8, 4) is 67.3 Å². The first-order valence-corrected chi connectivity index (χ1v) is 16.8. The Morgan fingerprint density at radius 1 is 0.360 bits per heavy atom. The smallest absolute Gasteiger partial charge is 0.329 e. The number of hydrogen-bond donors (Lipinski definition) is 0. The van der Waals surface area contributed by atoms with Gasteiger partial charge in [0.05, 0.1) is 22.8 Å². The highest BCUT2D eigenvalue weighted by molar-refractivity contribution is 6.92. The predicted octanol–water partition coefficient (Wildman–Crippen LogP) is 8.84. The van der Waals surface area contributed by atoms with Crippen molar-refractivity contribution in [3.05, 3.63) is 170 Å². The Kier molecular flexibility index (Phi) is 6.52. The molecule has 8 aromatic rings. The van der Waals surface area contributed by atoms with Crippen molar-refractivity contribution in [2.75, 3.05) is 4.81 Å². The van der Waals surface area contributed by atoms with Gasteiger partial charge in [-0.15, -0.1) is 0 Å². The van der Waals surface area contributed by atoms with Crippen molar-refractivity contribution in [1.82, 2.24) is 19.9 Å². The van der Waals surface area contributed by atoms with Crippen LogP contribution in [0.4, 0.5) is 11.4 Å². The monoisotopic (exact) mass is 637 g/mol. The van der Waals surface area contributed by atoms with E-state index in [1.165, 1.54) is 44.6 Å². The summed E-state index contributed by atoms with van der Waals surface area (Å²) in [4.78, 5) is 21.1. The lowest BCUT2D eigenvalue weighted by Crippen LogP contribution is -2.59. The third-order valence-electron chi connectivity index (χ3n) is 9.90. The molecule has 2 aliphatic rings. The van der Waals surface area contributed by atoms with Crippen LogP contribution in [-0.2, 0) is 0 Å². The van der Waals surface area contributed by atoms with Gasteiger partial charge in [0.2, 0.25) is 0 Å². The van der Waals surface area contributed by atoms with Gasteiger partial charge < -0.3 is 4.81 Å². The van der Waals surface area contributed by atoms with Gasteiger partial charge in [0.1, 0.15) is 0 Å². The summed E-state index contributed by atoms with van der Waals surface area (Å²) in [6.07, 6.45) is 7.24. The van der Waals surface area contributed by atoms with E-state index in [2.05, 4.69) is 136 Å². The highest BCUT2D eigenvalue weighted by Gasteiger charge is 2.42. The summed E-state index contributed by atoms with van der Waals surface area (Å²) in [5.41, 5.74) is 17.9. The van der Waals surface area contributed by atoms with Crippen molar-refractivity contribution in [1.29, 1.82) is 0 Å². The van der Waals surface area contributed by atoms with Crippen LogP contribution in [0.1, 0.15) is 0 Å². The number of pyridine rings is 4. The molecule has 6 heterocycles. The standard InChI is InChI=1S/C44H28BN5/c1-3-9-37-33(7-1)35-27-31(41-13-5-11-39(48-41)29-19-23-46-24-20-29)15-17-43(35)50-44-18-16-32(28-36(44)34-8-2-4-10-38(34)45(37)50)42-14-6-12-40(49-42)30-21-25-47-26-22-30/h1-28H. The van der Waals surface area contributed by atoms with Gasteiger partial charge in [-0.1, -0.05) is 72.8 Å². The van der Waals surface area contributed by atoms with E-state index in [9.17, 15) is 0 Å². The molecule has 0 atom stereocenters. The van der Waals surface area contributed by atoms with E-state index in [1.807, 2.05) is 49.1 Å². The maximum atomic E-state index is 5.08.